The first-order valence-corrected chi connectivity index (χ1v) is 7.09. The number of hydrogen-bond donors (Lipinski definition) is 0. The van der Waals surface area contributed by atoms with Crippen LogP contribution in [0, 0.1) is 0 Å². The molecule has 0 amide bonds. The average molecular weight is 270 g/mol. The SMILES string of the molecule is CCCn1cc(C=O)c(-c2ccc(C(C)(C)C)cc2)n1. The molecule has 0 radical (unpaired) electrons. The normalized spacial score (nSPS) is 11.6. The van der Waals surface area contributed by atoms with Crippen LogP contribution in [0.25, 0.3) is 11.3 Å². The van der Waals surface area contributed by atoms with Gasteiger partial charge >= 0.3 is 0 Å². The second-order valence-corrected chi connectivity index (χ2v) is 6.14. The van der Waals surface area contributed by atoms with Crippen LogP contribution >= 0.6 is 0 Å². The zero-order valence-corrected chi connectivity index (χ0v) is 12.7. The summed E-state index contributed by atoms with van der Waals surface area (Å²) in [4.78, 5) is 11.2. The molecule has 20 heavy (non-hydrogen) atoms. The summed E-state index contributed by atoms with van der Waals surface area (Å²) in [5, 5.41) is 4.52. The molecule has 0 bridgehead atoms. The van der Waals surface area contributed by atoms with Crippen molar-refractivity contribution >= 4 is 6.29 Å². The van der Waals surface area contributed by atoms with Crippen LogP contribution in [0.2, 0.25) is 0 Å². The Hall–Kier alpha value is -1.90. The minimum atomic E-state index is 0.133. The van der Waals surface area contributed by atoms with Gasteiger partial charge in [0.05, 0.1) is 5.56 Å². The van der Waals surface area contributed by atoms with Gasteiger partial charge in [0.25, 0.3) is 0 Å². The number of nitrogens with zero attached hydrogens (tertiary/aromatic N) is 2. The average Bonchev–Trinajstić information content (AvgIpc) is 2.81. The van der Waals surface area contributed by atoms with Gasteiger partial charge in [-0.1, -0.05) is 52.0 Å². The van der Waals surface area contributed by atoms with Crippen molar-refractivity contribution in [1.29, 1.82) is 0 Å². The molecule has 0 saturated heterocycles. The lowest BCUT2D eigenvalue weighted by Gasteiger charge is -2.18. The van der Waals surface area contributed by atoms with Gasteiger partial charge in [0.2, 0.25) is 0 Å². The lowest BCUT2D eigenvalue weighted by atomic mass is 9.86. The van der Waals surface area contributed by atoms with Crippen LogP contribution < -0.4 is 0 Å². The van der Waals surface area contributed by atoms with E-state index < -0.39 is 0 Å². The van der Waals surface area contributed by atoms with Gasteiger partial charge in [-0.25, -0.2) is 0 Å². The first-order chi connectivity index (χ1) is 9.45. The fourth-order valence-corrected chi connectivity index (χ4v) is 2.22. The third kappa shape index (κ3) is 2.98. The number of carbonyl (C=O) groups excluding carboxylic acids is 1. The largest absolute Gasteiger partial charge is 0.298 e. The Morgan fingerprint density at radius 3 is 2.35 bits per heavy atom. The quantitative estimate of drug-likeness (QED) is 0.785. The van der Waals surface area contributed by atoms with Crippen LogP contribution in [0.3, 0.4) is 0 Å². The molecule has 0 aliphatic heterocycles. The number of aromatic nitrogens is 2. The summed E-state index contributed by atoms with van der Waals surface area (Å²) < 4.78 is 1.84. The lowest BCUT2D eigenvalue weighted by Crippen LogP contribution is -2.10. The molecule has 1 aromatic heterocycles. The number of aryl methyl sites for hydroxylation is 1. The van der Waals surface area contributed by atoms with Crippen molar-refractivity contribution in [3.63, 3.8) is 0 Å². The predicted molar refractivity (Wildman–Crippen MR) is 82.0 cm³/mol. The second-order valence-electron chi connectivity index (χ2n) is 6.14. The zero-order chi connectivity index (χ0) is 14.8. The predicted octanol–water partition coefficient (Wildman–Crippen LogP) is 4.07. The van der Waals surface area contributed by atoms with E-state index >= 15 is 0 Å². The maximum absolute atomic E-state index is 11.2. The third-order valence-corrected chi connectivity index (χ3v) is 3.39. The molecule has 0 fully saturated rings. The van der Waals surface area contributed by atoms with E-state index in [1.165, 1.54) is 5.56 Å². The molecular formula is C17H22N2O. The van der Waals surface area contributed by atoms with E-state index in [0.717, 1.165) is 30.5 Å². The number of benzene rings is 1. The van der Waals surface area contributed by atoms with Crippen LogP contribution in [-0.2, 0) is 12.0 Å². The Morgan fingerprint density at radius 1 is 1.20 bits per heavy atom. The van der Waals surface area contributed by atoms with E-state index in [9.17, 15) is 4.79 Å². The lowest BCUT2D eigenvalue weighted by molar-refractivity contribution is 0.112. The van der Waals surface area contributed by atoms with Gasteiger partial charge in [-0.15, -0.1) is 0 Å². The molecule has 106 valence electrons. The Bertz CT molecular complexity index is 588. The van der Waals surface area contributed by atoms with Gasteiger partial charge in [-0.05, 0) is 17.4 Å². The number of carbonyl (C=O) groups is 1. The Kier molecular flexibility index (Phi) is 4.07. The summed E-state index contributed by atoms with van der Waals surface area (Å²) in [7, 11) is 0. The van der Waals surface area contributed by atoms with Crippen molar-refractivity contribution in [2.45, 2.75) is 46.1 Å². The molecule has 0 spiro atoms. The molecule has 0 unspecified atom stereocenters. The molecule has 0 saturated carbocycles. The monoisotopic (exact) mass is 270 g/mol. The molecule has 0 aliphatic rings. The highest BCUT2D eigenvalue weighted by atomic mass is 16.1. The van der Waals surface area contributed by atoms with Crippen molar-refractivity contribution in [3.8, 4) is 11.3 Å². The van der Waals surface area contributed by atoms with E-state index in [4.69, 9.17) is 0 Å². The molecule has 1 heterocycles. The molecule has 2 rings (SSSR count). The Balaban J connectivity index is 2.38. The first kappa shape index (κ1) is 14.5. The second kappa shape index (κ2) is 5.61. The zero-order valence-electron chi connectivity index (χ0n) is 12.7. The van der Waals surface area contributed by atoms with Crippen LogP contribution in [-0.4, -0.2) is 16.1 Å². The maximum Gasteiger partial charge on any atom is 0.153 e. The summed E-state index contributed by atoms with van der Waals surface area (Å²) in [6, 6.07) is 8.32. The van der Waals surface area contributed by atoms with Crippen molar-refractivity contribution in [2.24, 2.45) is 0 Å². The third-order valence-electron chi connectivity index (χ3n) is 3.39. The van der Waals surface area contributed by atoms with Crippen LogP contribution in [0.5, 0.6) is 0 Å². The topological polar surface area (TPSA) is 34.9 Å². The van der Waals surface area contributed by atoms with Gasteiger partial charge in [0, 0.05) is 18.3 Å². The number of hydrogen-bond acceptors (Lipinski definition) is 2. The van der Waals surface area contributed by atoms with E-state index in [2.05, 4.69) is 44.9 Å². The first-order valence-electron chi connectivity index (χ1n) is 7.09. The van der Waals surface area contributed by atoms with Crippen LogP contribution in [0.15, 0.2) is 30.5 Å². The van der Waals surface area contributed by atoms with E-state index in [-0.39, 0.29) is 5.41 Å². The summed E-state index contributed by atoms with van der Waals surface area (Å²) in [5.74, 6) is 0. The molecule has 1 aromatic carbocycles. The number of rotatable bonds is 4. The van der Waals surface area contributed by atoms with Crippen molar-refractivity contribution in [3.05, 3.63) is 41.6 Å². The fraction of sp³-hybridized carbons (Fsp3) is 0.412. The van der Waals surface area contributed by atoms with Crippen molar-refractivity contribution in [2.75, 3.05) is 0 Å². The minimum Gasteiger partial charge on any atom is -0.298 e. The highest BCUT2D eigenvalue weighted by molar-refractivity contribution is 5.85. The summed E-state index contributed by atoms with van der Waals surface area (Å²) in [5.41, 5.74) is 3.83. The fourth-order valence-electron chi connectivity index (χ4n) is 2.22. The molecule has 3 heteroatoms. The van der Waals surface area contributed by atoms with Crippen LogP contribution in [0.1, 0.15) is 50.0 Å². The molecule has 2 aromatic rings. The van der Waals surface area contributed by atoms with Gasteiger partial charge in [-0.3, -0.25) is 9.48 Å². The summed E-state index contributed by atoms with van der Waals surface area (Å²) in [6.07, 6.45) is 3.71. The highest BCUT2D eigenvalue weighted by Gasteiger charge is 2.15. The molecule has 3 nitrogen and oxygen atoms in total. The minimum absolute atomic E-state index is 0.133. The Morgan fingerprint density at radius 2 is 1.85 bits per heavy atom. The van der Waals surface area contributed by atoms with E-state index in [1.54, 1.807) is 0 Å². The maximum atomic E-state index is 11.2. The molecule has 0 N–H and O–H groups in total. The van der Waals surface area contributed by atoms with Crippen molar-refractivity contribution < 1.29 is 4.79 Å². The summed E-state index contributed by atoms with van der Waals surface area (Å²) >= 11 is 0. The smallest absolute Gasteiger partial charge is 0.153 e. The highest BCUT2D eigenvalue weighted by Crippen LogP contribution is 2.26. The van der Waals surface area contributed by atoms with Gasteiger partial charge in [0.15, 0.2) is 6.29 Å². The number of aldehydes is 1. The van der Waals surface area contributed by atoms with E-state index in [0.29, 0.717) is 5.56 Å². The standard InChI is InChI=1S/C17H22N2O/c1-5-10-19-11-14(12-20)16(18-19)13-6-8-15(9-7-13)17(2,3)4/h6-9,11-12H,5,10H2,1-4H3. The van der Waals surface area contributed by atoms with E-state index in [1.807, 2.05) is 23.0 Å². The Labute approximate surface area is 120 Å². The van der Waals surface area contributed by atoms with Crippen LogP contribution in [0.4, 0.5) is 0 Å². The van der Waals surface area contributed by atoms with Gasteiger partial charge in [0.1, 0.15) is 5.69 Å². The molecular weight excluding hydrogens is 248 g/mol. The molecule has 0 atom stereocenters. The molecule has 0 aliphatic carbocycles. The van der Waals surface area contributed by atoms with Gasteiger partial charge < -0.3 is 0 Å². The van der Waals surface area contributed by atoms with Crippen molar-refractivity contribution in [1.82, 2.24) is 9.78 Å². The van der Waals surface area contributed by atoms with Gasteiger partial charge in [-0.2, -0.15) is 5.10 Å². The summed E-state index contributed by atoms with van der Waals surface area (Å²) in [6.45, 7) is 9.50.